The first kappa shape index (κ1) is 12.4. The summed E-state index contributed by atoms with van der Waals surface area (Å²) in [5.41, 5.74) is 0. The van der Waals surface area contributed by atoms with Gasteiger partial charge in [-0.1, -0.05) is 0 Å². The van der Waals surface area contributed by atoms with E-state index in [9.17, 15) is 4.79 Å². The van der Waals surface area contributed by atoms with E-state index in [0.29, 0.717) is 30.3 Å². The summed E-state index contributed by atoms with van der Waals surface area (Å²) >= 11 is 0. The van der Waals surface area contributed by atoms with Crippen molar-refractivity contribution in [1.29, 1.82) is 0 Å². The fourth-order valence-corrected chi connectivity index (χ4v) is 4.12. The largest absolute Gasteiger partial charge is 0.481 e. The molecule has 0 aromatic carbocycles. The average Bonchev–Trinajstić information content (AvgIpc) is 2.88. The van der Waals surface area contributed by atoms with Gasteiger partial charge in [0, 0.05) is 31.7 Å². The summed E-state index contributed by atoms with van der Waals surface area (Å²) in [5.74, 6) is 0.497. The molecule has 4 heteroatoms. The zero-order valence-electron chi connectivity index (χ0n) is 10.9. The number of carboxylic acid groups (broad SMARTS) is 1. The van der Waals surface area contributed by atoms with E-state index in [4.69, 9.17) is 9.84 Å². The molecule has 3 atom stereocenters. The molecule has 0 radical (unpaired) electrons. The van der Waals surface area contributed by atoms with Crippen LogP contribution in [0.2, 0.25) is 0 Å². The highest BCUT2D eigenvalue weighted by Crippen LogP contribution is 2.40. The summed E-state index contributed by atoms with van der Waals surface area (Å²) in [6.07, 6.45) is 6.30. The number of ether oxygens (including phenoxy) is 1. The summed E-state index contributed by atoms with van der Waals surface area (Å²) in [4.78, 5) is 13.5. The van der Waals surface area contributed by atoms with Crippen LogP contribution in [0.25, 0.3) is 0 Å². The number of fused-ring (bicyclic) bond motifs is 2. The Morgan fingerprint density at radius 1 is 1.17 bits per heavy atom. The number of piperidine rings is 1. The van der Waals surface area contributed by atoms with Gasteiger partial charge in [-0.05, 0) is 43.9 Å². The molecule has 0 aliphatic carbocycles. The third kappa shape index (κ3) is 2.54. The molecule has 3 heterocycles. The number of aliphatic carboxylic acids is 1. The van der Waals surface area contributed by atoms with Crippen LogP contribution in [0.1, 0.15) is 38.5 Å². The molecule has 3 fully saturated rings. The van der Waals surface area contributed by atoms with E-state index in [-0.39, 0.29) is 0 Å². The number of carboxylic acids is 1. The van der Waals surface area contributed by atoms with Gasteiger partial charge in [-0.3, -0.25) is 9.69 Å². The molecule has 0 aromatic rings. The first-order valence-electron chi connectivity index (χ1n) is 7.27. The van der Waals surface area contributed by atoms with E-state index in [1.54, 1.807) is 0 Å². The summed E-state index contributed by atoms with van der Waals surface area (Å²) in [6, 6.07) is 1.29. The topological polar surface area (TPSA) is 49.8 Å². The number of hydrogen-bond acceptors (Lipinski definition) is 3. The highest BCUT2D eigenvalue weighted by atomic mass is 16.5. The maximum atomic E-state index is 10.8. The van der Waals surface area contributed by atoms with Crippen molar-refractivity contribution in [3.63, 3.8) is 0 Å². The second-order valence-corrected chi connectivity index (χ2v) is 6.25. The maximum Gasteiger partial charge on any atom is 0.303 e. The summed E-state index contributed by atoms with van der Waals surface area (Å²) in [7, 11) is 0. The van der Waals surface area contributed by atoms with Crippen molar-refractivity contribution >= 4 is 5.97 Å². The van der Waals surface area contributed by atoms with E-state index < -0.39 is 5.97 Å². The Morgan fingerprint density at radius 2 is 1.89 bits per heavy atom. The van der Waals surface area contributed by atoms with Crippen LogP contribution in [-0.2, 0) is 9.53 Å². The Kier molecular flexibility index (Phi) is 3.57. The first-order valence-corrected chi connectivity index (χ1v) is 7.27. The molecule has 3 unspecified atom stereocenters. The third-order valence-corrected chi connectivity index (χ3v) is 4.94. The fraction of sp³-hybridized carbons (Fsp3) is 0.929. The lowest BCUT2D eigenvalue weighted by Gasteiger charge is -2.39. The van der Waals surface area contributed by atoms with Crippen LogP contribution >= 0.6 is 0 Å². The molecule has 3 aliphatic rings. The minimum Gasteiger partial charge on any atom is -0.481 e. The van der Waals surface area contributed by atoms with Crippen molar-refractivity contribution in [2.45, 2.75) is 50.6 Å². The smallest absolute Gasteiger partial charge is 0.303 e. The fourth-order valence-electron chi connectivity index (χ4n) is 4.12. The minimum atomic E-state index is -0.628. The average molecular weight is 253 g/mol. The molecule has 3 rings (SSSR count). The Bertz CT molecular complexity index is 300. The van der Waals surface area contributed by atoms with E-state index >= 15 is 0 Å². The molecule has 2 bridgehead atoms. The summed E-state index contributed by atoms with van der Waals surface area (Å²) < 4.78 is 5.46. The van der Waals surface area contributed by atoms with E-state index in [1.807, 2.05) is 0 Å². The molecule has 0 spiro atoms. The molecule has 102 valence electrons. The zero-order chi connectivity index (χ0) is 12.5. The summed E-state index contributed by atoms with van der Waals surface area (Å²) in [5, 5.41) is 8.92. The zero-order valence-corrected chi connectivity index (χ0v) is 10.9. The van der Waals surface area contributed by atoms with Gasteiger partial charge in [-0.15, -0.1) is 0 Å². The van der Waals surface area contributed by atoms with Crippen LogP contribution in [0, 0.1) is 11.8 Å². The molecule has 0 saturated carbocycles. The molecule has 0 aromatic heterocycles. The molecular formula is C14H23NO3. The number of rotatable bonds is 4. The van der Waals surface area contributed by atoms with Crippen molar-refractivity contribution in [2.24, 2.45) is 11.8 Å². The van der Waals surface area contributed by atoms with E-state index in [2.05, 4.69) is 4.90 Å². The highest BCUT2D eigenvalue weighted by molar-refractivity contribution is 5.67. The highest BCUT2D eigenvalue weighted by Gasteiger charge is 2.41. The Hall–Kier alpha value is -0.610. The lowest BCUT2D eigenvalue weighted by molar-refractivity contribution is -0.138. The number of carbonyl (C=O) groups is 1. The van der Waals surface area contributed by atoms with Crippen LogP contribution in [0.4, 0.5) is 0 Å². The normalized spacial score (nSPS) is 40.2. The van der Waals surface area contributed by atoms with Gasteiger partial charge in [0.25, 0.3) is 0 Å². The molecule has 0 amide bonds. The Morgan fingerprint density at radius 3 is 2.44 bits per heavy atom. The van der Waals surface area contributed by atoms with E-state index in [1.165, 1.54) is 25.8 Å². The lowest BCUT2D eigenvalue weighted by Crippen LogP contribution is -2.45. The monoisotopic (exact) mass is 253 g/mol. The van der Waals surface area contributed by atoms with Gasteiger partial charge >= 0.3 is 5.97 Å². The second-order valence-electron chi connectivity index (χ2n) is 6.25. The summed E-state index contributed by atoms with van der Waals surface area (Å²) in [6.45, 7) is 3.03. The number of nitrogens with zero attached hydrogens (tertiary/aromatic N) is 1. The van der Waals surface area contributed by atoms with Crippen LogP contribution in [-0.4, -0.2) is 47.8 Å². The second kappa shape index (κ2) is 5.17. The van der Waals surface area contributed by atoms with Crippen molar-refractivity contribution in [3.05, 3.63) is 0 Å². The van der Waals surface area contributed by atoms with Gasteiger partial charge in [0.05, 0.1) is 6.61 Å². The van der Waals surface area contributed by atoms with Crippen molar-refractivity contribution in [3.8, 4) is 0 Å². The lowest BCUT2D eigenvalue weighted by atomic mass is 9.87. The third-order valence-electron chi connectivity index (χ3n) is 4.94. The van der Waals surface area contributed by atoms with Crippen LogP contribution in [0.3, 0.4) is 0 Å². The SMILES string of the molecule is O=C(O)CC1CC2CCC(C1)N2CC1CCOC1. The van der Waals surface area contributed by atoms with Crippen LogP contribution < -0.4 is 0 Å². The Labute approximate surface area is 108 Å². The quantitative estimate of drug-likeness (QED) is 0.829. The van der Waals surface area contributed by atoms with Crippen molar-refractivity contribution < 1.29 is 14.6 Å². The molecule has 4 nitrogen and oxygen atoms in total. The minimum absolute atomic E-state index is 0.368. The molecule has 1 N–H and O–H groups in total. The number of hydrogen-bond donors (Lipinski definition) is 1. The van der Waals surface area contributed by atoms with Gasteiger partial charge in [0.15, 0.2) is 0 Å². The predicted octanol–water partition coefficient (Wildman–Crippen LogP) is 1.74. The molecule has 18 heavy (non-hydrogen) atoms. The molecule has 3 saturated heterocycles. The van der Waals surface area contributed by atoms with Crippen LogP contribution in [0.5, 0.6) is 0 Å². The molecular weight excluding hydrogens is 230 g/mol. The van der Waals surface area contributed by atoms with Gasteiger partial charge < -0.3 is 9.84 Å². The van der Waals surface area contributed by atoms with Crippen molar-refractivity contribution in [1.82, 2.24) is 4.90 Å². The van der Waals surface area contributed by atoms with Gasteiger partial charge in [0.2, 0.25) is 0 Å². The van der Waals surface area contributed by atoms with Gasteiger partial charge in [-0.25, -0.2) is 0 Å². The van der Waals surface area contributed by atoms with Crippen molar-refractivity contribution in [2.75, 3.05) is 19.8 Å². The van der Waals surface area contributed by atoms with E-state index in [0.717, 1.165) is 26.1 Å². The van der Waals surface area contributed by atoms with Gasteiger partial charge in [0.1, 0.15) is 0 Å². The Balaban J connectivity index is 1.57. The standard InChI is InChI=1S/C14H23NO3/c16-14(17)7-11-5-12-1-2-13(6-11)15(12)8-10-3-4-18-9-10/h10-13H,1-9H2,(H,16,17). The molecule has 3 aliphatic heterocycles. The van der Waals surface area contributed by atoms with Gasteiger partial charge in [-0.2, -0.15) is 0 Å². The maximum absolute atomic E-state index is 10.8. The predicted molar refractivity (Wildman–Crippen MR) is 67.4 cm³/mol. The van der Waals surface area contributed by atoms with Crippen LogP contribution in [0.15, 0.2) is 0 Å². The first-order chi connectivity index (χ1) is 8.72.